The molecule has 0 bridgehead atoms. The fraction of sp³-hybridized carbons (Fsp3) is 0.529. The lowest BCUT2D eigenvalue weighted by Gasteiger charge is -2.41. The Morgan fingerprint density at radius 1 is 1.26 bits per heavy atom. The number of carbonyl (C=O) groups is 1. The third kappa shape index (κ3) is 3.04. The summed E-state index contributed by atoms with van der Waals surface area (Å²) in [6.07, 6.45) is 6.32. The van der Waals surface area contributed by atoms with Crippen molar-refractivity contribution in [3.63, 3.8) is 0 Å². The maximum absolute atomic E-state index is 13.2. The van der Waals surface area contributed by atoms with E-state index in [0.29, 0.717) is 11.0 Å². The van der Waals surface area contributed by atoms with Crippen LogP contribution >= 0.6 is 11.3 Å². The van der Waals surface area contributed by atoms with Crippen molar-refractivity contribution in [2.24, 2.45) is 11.8 Å². The van der Waals surface area contributed by atoms with E-state index < -0.39 is 0 Å². The molecule has 1 saturated carbocycles. The van der Waals surface area contributed by atoms with Crippen LogP contribution in [0.15, 0.2) is 18.2 Å². The Hall–Kier alpha value is -1.69. The molecule has 2 atom stereocenters. The Morgan fingerprint density at radius 3 is 2.96 bits per heavy atom. The fourth-order valence-corrected chi connectivity index (χ4v) is 4.79. The number of hydrogen-bond acceptors (Lipinski definition) is 3. The Balaban J connectivity index is 1.44. The number of benzene rings is 1. The number of aromatic nitrogens is 1. The Kier molecular flexibility index (Phi) is 3.93. The van der Waals surface area contributed by atoms with Gasteiger partial charge in [0, 0.05) is 13.1 Å². The summed E-state index contributed by atoms with van der Waals surface area (Å²) in [6.45, 7) is 1.68. The second-order valence-electron chi connectivity index (χ2n) is 6.60. The molecule has 1 aromatic heterocycles. The third-order valence-electron chi connectivity index (χ3n) is 5.14. The number of amides is 2. The van der Waals surface area contributed by atoms with Gasteiger partial charge in [0.15, 0.2) is 5.13 Å². The van der Waals surface area contributed by atoms with Gasteiger partial charge in [0.25, 0.3) is 0 Å². The second-order valence-corrected chi connectivity index (χ2v) is 7.63. The molecule has 1 aliphatic carbocycles. The number of piperidine rings is 1. The number of urea groups is 1. The van der Waals surface area contributed by atoms with Crippen molar-refractivity contribution in [1.29, 1.82) is 0 Å². The van der Waals surface area contributed by atoms with Crippen LogP contribution in [0.4, 0.5) is 14.3 Å². The van der Waals surface area contributed by atoms with Gasteiger partial charge in [-0.25, -0.2) is 14.2 Å². The van der Waals surface area contributed by atoms with Crippen LogP contribution in [0.3, 0.4) is 0 Å². The fourth-order valence-electron chi connectivity index (χ4n) is 3.91. The van der Waals surface area contributed by atoms with Crippen LogP contribution in [0.5, 0.6) is 0 Å². The van der Waals surface area contributed by atoms with Gasteiger partial charge in [0.1, 0.15) is 5.82 Å². The Bertz CT molecular complexity index is 732. The zero-order valence-corrected chi connectivity index (χ0v) is 13.7. The second kappa shape index (κ2) is 6.07. The highest BCUT2D eigenvalue weighted by molar-refractivity contribution is 7.22. The minimum atomic E-state index is -0.279. The van der Waals surface area contributed by atoms with Crippen LogP contribution in [0.25, 0.3) is 10.2 Å². The summed E-state index contributed by atoms with van der Waals surface area (Å²) in [5.74, 6) is 1.18. The Morgan fingerprint density at radius 2 is 2.09 bits per heavy atom. The first-order valence-electron chi connectivity index (χ1n) is 8.31. The number of nitrogens with zero attached hydrogens (tertiary/aromatic N) is 2. The molecular formula is C17H20FN3OS. The quantitative estimate of drug-likeness (QED) is 0.836. The lowest BCUT2D eigenvalue weighted by Crippen LogP contribution is -2.46. The number of fused-ring (bicyclic) bond motifs is 2. The van der Waals surface area contributed by atoms with Crippen molar-refractivity contribution in [2.45, 2.75) is 32.1 Å². The average molecular weight is 333 g/mol. The van der Waals surface area contributed by atoms with Gasteiger partial charge in [-0.2, -0.15) is 0 Å². The van der Waals surface area contributed by atoms with Crippen LogP contribution in [0.1, 0.15) is 32.1 Å². The molecule has 1 aliphatic heterocycles. The predicted molar refractivity (Wildman–Crippen MR) is 90.2 cm³/mol. The topological polar surface area (TPSA) is 45.2 Å². The molecule has 2 aromatic rings. The van der Waals surface area contributed by atoms with Crippen molar-refractivity contribution in [3.8, 4) is 0 Å². The maximum atomic E-state index is 13.2. The zero-order valence-electron chi connectivity index (χ0n) is 12.9. The maximum Gasteiger partial charge on any atom is 0.323 e. The lowest BCUT2D eigenvalue weighted by atomic mass is 9.75. The monoisotopic (exact) mass is 333 g/mol. The number of likely N-dealkylation sites (tertiary alicyclic amines) is 1. The van der Waals surface area contributed by atoms with E-state index in [1.54, 1.807) is 6.07 Å². The summed E-state index contributed by atoms with van der Waals surface area (Å²) in [5, 5.41) is 3.43. The molecule has 0 radical (unpaired) electrons. The van der Waals surface area contributed by atoms with E-state index in [4.69, 9.17) is 0 Å². The van der Waals surface area contributed by atoms with Gasteiger partial charge in [0.2, 0.25) is 0 Å². The number of halogens is 1. The summed E-state index contributed by atoms with van der Waals surface area (Å²) in [6, 6.07) is 4.41. The van der Waals surface area contributed by atoms with Crippen molar-refractivity contribution in [1.82, 2.24) is 9.88 Å². The van der Waals surface area contributed by atoms with Gasteiger partial charge in [0.05, 0.1) is 10.2 Å². The molecule has 0 spiro atoms. The predicted octanol–water partition coefficient (Wildman–Crippen LogP) is 4.48. The largest absolute Gasteiger partial charge is 0.324 e. The minimum absolute atomic E-state index is 0.0754. The standard InChI is InChI=1S/C17H20FN3OS/c18-13-5-6-14-15(9-13)23-16(19-14)20-17(22)21-8-7-11-3-1-2-4-12(11)10-21/h5-6,9,11-12H,1-4,7-8,10H2,(H,19,20,22)/t11-,12+/m0/s1. The van der Waals surface area contributed by atoms with Gasteiger partial charge in [-0.05, 0) is 42.9 Å². The molecule has 0 unspecified atom stereocenters. The zero-order chi connectivity index (χ0) is 15.8. The van der Waals surface area contributed by atoms with Crippen LogP contribution in [-0.2, 0) is 0 Å². The van der Waals surface area contributed by atoms with Gasteiger partial charge in [-0.1, -0.05) is 30.6 Å². The highest BCUT2D eigenvalue weighted by atomic mass is 32.1. The van der Waals surface area contributed by atoms with Gasteiger partial charge in [-0.3, -0.25) is 5.32 Å². The van der Waals surface area contributed by atoms with Gasteiger partial charge >= 0.3 is 6.03 Å². The van der Waals surface area contributed by atoms with E-state index in [0.717, 1.165) is 35.6 Å². The average Bonchev–Trinajstić information content (AvgIpc) is 2.95. The van der Waals surface area contributed by atoms with E-state index in [2.05, 4.69) is 10.3 Å². The highest BCUT2D eigenvalue weighted by Crippen LogP contribution is 2.36. The number of carbonyl (C=O) groups excluding carboxylic acids is 1. The number of rotatable bonds is 1. The molecule has 2 fully saturated rings. The van der Waals surface area contributed by atoms with Crippen molar-refractivity contribution < 1.29 is 9.18 Å². The molecule has 4 rings (SSSR count). The molecule has 122 valence electrons. The summed E-state index contributed by atoms with van der Waals surface area (Å²) in [7, 11) is 0. The van der Waals surface area contributed by atoms with Gasteiger partial charge in [-0.15, -0.1) is 0 Å². The number of anilines is 1. The molecule has 2 amide bonds. The lowest BCUT2D eigenvalue weighted by molar-refractivity contribution is 0.108. The van der Waals surface area contributed by atoms with Crippen molar-refractivity contribution in [2.75, 3.05) is 18.4 Å². The molecule has 23 heavy (non-hydrogen) atoms. The summed E-state index contributed by atoms with van der Waals surface area (Å²) < 4.78 is 14.0. The highest BCUT2D eigenvalue weighted by Gasteiger charge is 2.33. The number of thiazole rings is 1. The van der Waals surface area contributed by atoms with Gasteiger partial charge < -0.3 is 4.90 Å². The summed E-state index contributed by atoms with van der Waals surface area (Å²) in [5.41, 5.74) is 0.720. The SMILES string of the molecule is O=C(Nc1nc2ccc(F)cc2s1)N1CC[C@@H]2CCCC[C@@H]2C1. The van der Waals surface area contributed by atoms with Crippen molar-refractivity contribution >= 4 is 32.7 Å². The minimum Gasteiger partial charge on any atom is -0.324 e. The first-order chi connectivity index (χ1) is 11.2. The third-order valence-corrected chi connectivity index (χ3v) is 6.08. The van der Waals surface area contributed by atoms with Crippen LogP contribution < -0.4 is 5.32 Å². The molecule has 2 heterocycles. The van der Waals surface area contributed by atoms with Crippen LogP contribution in [0.2, 0.25) is 0 Å². The first kappa shape index (κ1) is 14.9. The van der Waals surface area contributed by atoms with E-state index in [-0.39, 0.29) is 11.8 Å². The van der Waals surface area contributed by atoms with E-state index >= 15 is 0 Å². The molecule has 4 nitrogen and oxygen atoms in total. The molecule has 6 heteroatoms. The first-order valence-corrected chi connectivity index (χ1v) is 9.13. The summed E-state index contributed by atoms with van der Waals surface area (Å²) >= 11 is 1.32. The smallest absolute Gasteiger partial charge is 0.323 e. The molecular weight excluding hydrogens is 313 g/mol. The van der Waals surface area contributed by atoms with Crippen LogP contribution in [-0.4, -0.2) is 29.0 Å². The Labute approximate surface area is 138 Å². The normalized spacial score (nSPS) is 24.5. The van der Waals surface area contributed by atoms with E-state index in [9.17, 15) is 9.18 Å². The number of hydrogen-bond donors (Lipinski definition) is 1. The van der Waals surface area contributed by atoms with Crippen LogP contribution in [0, 0.1) is 17.7 Å². The molecule has 1 N–H and O–H groups in total. The van der Waals surface area contributed by atoms with E-state index in [1.165, 1.54) is 49.2 Å². The molecule has 1 saturated heterocycles. The van der Waals surface area contributed by atoms with E-state index in [1.807, 2.05) is 4.90 Å². The molecule has 2 aliphatic rings. The molecule has 1 aromatic carbocycles. The number of nitrogens with one attached hydrogen (secondary N) is 1. The van der Waals surface area contributed by atoms with Crippen molar-refractivity contribution in [3.05, 3.63) is 24.0 Å². The summed E-state index contributed by atoms with van der Waals surface area (Å²) in [4.78, 5) is 18.8.